The van der Waals surface area contributed by atoms with Crippen molar-refractivity contribution in [2.75, 3.05) is 6.54 Å². The Morgan fingerprint density at radius 2 is 1.93 bits per heavy atom. The molecular formula is C22H25F2IN4O. The highest BCUT2D eigenvalue weighted by Crippen LogP contribution is 2.23. The lowest BCUT2D eigenvalue weighted by Crippen LogP contribution is -2.37. The number of pyridine rings is 1. The van der Waals surface area contributed by atoms with Crippen molar-refractivity contribution in [2.45, 2.75) is 33.5 Å². The number of aromatic nitrogens is 1. The van der Waals surface area contributed by atoms with Gasteiger partial charge in [-0.2, -0.15) is 8.78 Å². The molecule has 3 aromatic rings. The summed E-state index contributed by atoms with van der Waals surface area (Å²) >= 11 is 0. The fourth-order valence-corrected chi connectivity index (χ4v) is 3.04. The molecule has 0 fully saturated rings. The van der Waals surface area contributed by atoms with Gasteiger partial charge in [-0.05, 0) is 31.4 Å². The molecule has 0 aliphatic carbocycles. The lowest BCUT2D eigenvalue weighted by molar-refractivity contribution is -0.0504. The molecule has 0 amide bonds. The molecule has 1 aromatic heterocycles. The van der Waals surface area contributed by atoms with Crippen LogP contribution < -0.4 is 15.4 Å². The van der Waals surface area contributed by atoms with Crippen LogP contribution >= 0.6 is 24.0 Å². The topological polar surface area (TPSA) is 58.5 Å². The summed E-state index contributed by atoms with van der Waals surface area (Å²) in [4.78, 5) is 9.00. The second-order valence-corrected chi connectivity index (χ2v) is 6.52. The predicted octanol–water partition coefficient (Wildman–Crippen LogP) is 5.02. The summed E-state index contributed by atoms with van der Waals surface area (Å²) in [7, 11) is 0. The fourth-order valence-electron chi connectivity index (χ4n) is 3.04. The molecule has 0 aliphatic heterocycles. The number of rotatable bonds is 7. The first-order chi connectivity index (χ1) is 14.1. The normalized spacial score (nSPS) is 11.3. The minimum absolute atomic E-state index is 0. The summed E-state index contributed by atoms with van der Waals surface area (Å²) in [5.41, 5.74) is 2.46. The smallest absolute Gasteiger partial charge is 0.387 e. The van der Waals surface area contributed by atoms with E-state index in [1.54, 1.807) is 24.4 Å². The van der Waals surface area contributed by atoms with Gasteiger partial charge in [-0.3, -0.25) is 4.98 Å². The van der Waals surface area contributed by atoms with E-state index in [2.05, 4.69) is 25.3 Å². The lowest BCUT2D eigenvalue weighted by Gasteiger charge is -2.14. The Balaban J connectivity index is 0.00000320. The minimum atomic E-state index is -2.87. The SMILES string of the molecule is CCNC(=NCc1cc(C)ccc1OC(F)F)NCc1nccc2ccccc12.I. The Hall–Kier alpha value is -2.49. The molecule has 2 N–H and O–H groups in total. The van der Waals surface area contributed by atoms with Gasteiger partial charge in [-0.1, -0.05) is 42.0 Å². The van der Waals surface area contributed by atoms with E-state index in [0.717, 1.165) is 22.0 Å². The van der Waals surface area contributed by atoms with Crippen molar-refractivity contribution in [2.24, 2.45) is 4.99 Å². The van der Waals surface area contributed by atoms with Gasteiger partial charge in [-0.15, -0.1) is 24.0 Å². The van der Waals surface area contributed by atoms with Crippen LogP contribution in [-0.4, -0.2) is 24.1 Å². The molecule has 2 aromatic carbocycles. The summed E-state index contributed by atoms with van der Waals surface area (Å²) in [6.45, 7) is 2.36. The van der Waals surface area contributed by atoms with E-state index in [1.807, 2.05) is 44.2 Å². The van der Waals surface area contributed by atoms with Crippen molar-refractivity contribution in [3.63, 3.8) is 0 Å². The highest BCUT2D eigenvalue weighted by Gasteiger charge is 2.10. The number of hydrogen-bond donors (Lipinski definition) is 2. The average molecular weight is 526 g/mol. The maximum absolute atomic E-state index is 12.7. The molecule has 0 spiro atoms. The van der Waals surface area contributed by atoms with Crippen LogP contribution in [-0.2, 0) is 13.1 Å². The van der Waals surface area contributed by atoms with Crippen molar-refractivity contribution in [1.29, 1.82) is 0 Å². The van der Waals surface area contributed by atoms with E-state index in [4.69, 9.17) is 0 Å². The Labute approximate surface area is 192 Å². The van der Waals surface area contributed by atoms with E-state index >= 15 is 0 Å². The highest BCUT2D eigenvalue weighted by molar-refractivity contribution is 14.0. The molecule has 0 unspecified atom stereocenters. The third kappa shape index (κ3) is 6.51. The van der Waals surface area contributed by atoms with E-state index < -0.39 is 6.61 Å². The van der Waals surface area contributed by atoms with Crippen molar-refractivity contribution < 1.29 is 13.5 Å². The zero-order valence-electron chi connectivity index (χ0n) is 16.9. The van der Waals surface area contributed by atoms with Crippen LogP contribution in [0.1, 0.15) is 23.7 Å². The van der Waals surface area contributed by atoms with Gasteiger partial charge in [0.25, 0.3) is 0 Å². The largest absolute Gasteiger partial charge is 0.434 e. The zero-order valence-corrected chi connectivity index (χ0v) is 19.2. The molecule has 0 bridgehead atoms. The third-order valence-corrected chi connectivity index (χ3v) is 4.36. The van der Waals surface area contributed by atoms with Gasteiger partial charge in [0.05, 0.1) is 18.8 Å². The first-order valence-corrected chi connectivity index (χ1v) is 9.46. The molecule has 1 heterocycles. The number of alkyl halides is 2. The minimum Gasteiger partial charge on any atom is -0.434 e. The van der Waals surface area contributed by atoms with E-state index in [-0.39, 0.29) is 36.3 Å². The van der Waals surface area contributed by atoms with Gasteiger partial charge in [0, 0.05) is 23.7 Å². The van der Waals surface area contributed by atoms with Crippen LogP contribution in [0.2, 0.25) is 0 Å². The van der Waals surface area contributed by atoms with Crippen molar-refractivity contribution >= 4 is 40.7 Å². The van der Waals surface area contributed by atoms with Gasteiger partial charge in [-0.25, -0.2) is 4.99 Å². The summed E-state index contributed by atoms with van der Waals surface area (Å²) in [6.07, 6.45) is 1.78. The second-order valence-electron chi connectivity index (χ2n) is 6.52. The van der Waals surface area contributed by atoms with Crippen LogP contribution in [0.3, 0.4) is 0 Å². The number of aliphatic imine (C=N–C) groups is 1. The highest BCUT2D eigenvalue weighted by atomic mass is 127. The van der Waals surface area contributed by atoms with Crippen LogP contribution in [0, 0.1) is 6.92 Å². The molecule has 0 aliphatic rings. The molecule has 30 heavy (non-hydrogen) atoms. The van der Waals surface area contributed by atoms with Crippen molar-refractivity contribution in [1.82, 2.24) is 15.6 Å². The maximum atomic E-state index is 12.7. The molecule has 160 valence electrons. The summed E-state index contributed by atoms with van der Waals surface area (Å²) in [5.74, 6) is 0.715. The van der Waals surface area contributed by atoms with Gasteiger partial charge in [0.2, 0.25) is 0 Å². The van der Waals surface area contributed by atoms with Crippen LogP contribution in [0.15, 0.2) is 59.7 Å². The van der Waals surface area contributed by atoms with Gasteiger partial charge in [0.15, 0.2) is 5.96 Å². The monoisotopic (exact) mass is 526 g/mol. The number of fused-ring (bicyclic) bond motifs is 1. The fraction of sp³-hybridized carbons (Fsp3) is 0.273. The molecule has 0 saturated heterocycles. The van der Waals surface area contributed by atoms with Gasteiger partial charge < -0.3 is 15.4 Å². The third-order valence-electron chi connectivity index (χ3n) is 4.36. The van der Waals surface area contributed by atoms with E-state index in [1.165, 1.54) is 0 Å². The van der Waals surface area contributed by atoms with Gasteiger partial charge >= 0.3 is 6.61 Å². The first kappa shape index (κ1) is 23.8. The number of nitrogens with zero attached hydrogens (tertiary/aromatic N) is 2. The summed E-state index contributed by atoms with van der Waals surface area (Å²) in [6, 6.07) is 15.1. The number of halogens is 3. The first-order valence-electron chi connectivity index (χ1n) is 9.46. The molecular weight excluding hydrogens is 501 g/mol. The van der Waals surface area contributed by atoms with Crippen LogP contribution in [0.5, 0.6) is 5.75 Å². The maximum Gasteiger partial charge on any atom is 0.387 e. The van der Waals surface area contributed by atoms with Crippen molar-refractivity contribution in [3.8, 4) is 5.75 Å². The number of hydrogen-bond acceptors (Lipinski definition) is 3. The molecule has 0 atom stereocenters. The van der Waals surface area contributed by atoms with E-state index in [0.29, 0.717) is 24.6 Å². The molecule has 8 heteroatoms. The molecule has 5 nitrogen and oxygen atoms in total. The van der Waals surface area contributed by atoms with Crippen LogP contribution in [0.25, 0.3) is 10.8 Å². The van der Waals surface area contributed by atoms with E-state index in [9.17, 15) is 8.78 Å². The lowest BCUT2D eigenvalue weighted by atomic mass is 10.1. The van der Waals surface area contributed by atoms with Crippen LogP contribution in [0.4, 0.5) is 8.78 Å². The predicted molar refractivity (Wildman–Crippen MR) is 127 cm³/mol. The number of guanidine groups is 1. The standard InChI is InChI=1S/C22H24F2N4O.HI/c1-3-25-22(27-13-17-12-15(2)8-9-20(17)29-21(23)24)28-14-19-18-7-5-4-6-16(18)10-11-26-19;/h4-12,21H,3,13-14H2,1-2H3,(H2,25,27,28);1H. The Morgan fingerprint density at radius 1 is 1.13 bits per heavy atom. The zero-order chi connectivity index (χ0) is 20.6. The second kappa shape index (κ2) is 11.6. The Kier molecular flexibility index (Phi) is 9.22. The Morgan fingerprint density at radius 3 is 2.70 bits per heavy atom. The summed E-state index contributed by atoms with van der Waals surface area (Å²) in [5, 5.41) is 8.62. The summed E-state index contributed by atoms with van der Waals surface area (Å²) < 4.78 is 30.0. The quantitative estimate of drug-likeness (QED) is 0.258. The number of aryl methyl sites for hydroxylation is 1. The number of ether oxygens (including phenoxy) is 1. The average Bonchev–Trinajstić information content (AvgIpc) is 2.71. The molecule has 3 rings (SSSR count). The number of benzene rings is 2. The molecule has 0 saturated carbocycles. The molecule has 0 radical (unpaired) electrons. The van der Waals surface area contributed by atoms with Gasteiger partial charge in [0.1, 0.15) is 5.75 Å². The Bertz CT molecular complexity index is 993. The van der Waals surface area contributed by atoms with Crippen molar-refractivity contribution in [3.05, 3.63) is 71.5 Å². The number of nitrogens with one attached hydrogen (secondary N) is 2.